The van der Waals surface area contributed by atoms with E-state index in [1.54, 1.807) is 24.3 Å². The molecule has 154 valence electrons. The Bertz CT molecular complexity index is 1100. The maximum atomic E-state index is 12.3. The SMILES string of the molecule is CN(C)S(=O)(=O)c1ccc(CC(=O)Nc2nc3cc(CO)c(CO)cc3s2)cc1. The van der Waals surface area contributed by atoms with Gasteiger partial charge in [0.05, 0.1) is 34.7 Å². The summed E-state index contributed by atoms with van der Waals surface area (Å²) >= 11 is 1.27. The molecule has 1 aromatic heterocycles. The lowest BCUT2D eigenvalue weighted by molar-refractivity contribution is -0.115. The van der Waals surface area contributed by atoms with E-state index in [2.05, 4.69) is 10.3 Å². The number of amides is 1. The van der Waals surface area contributed by atoms with Crippen molar-refractivity contribution in [1.29, 1.82) is 0 Å². The minimum atomic E-state index is -3.51. The van der Waals surface area contributed by atoms with Gasteiger partial charge in [0.25, 0.3) is 0 Å². The van der Waals surface area contributed by atoms with Crippen LogP contribution in [-0.2, 0) is 34.5 Å². The Labute approximate surface area is 172 Å². The molecule has 3 rings (SSSR count). The van der Waals surface area contributed by atoms with Crippen LogP contribution < -0.4 is 5.32 Å². The molecule has 3 aromatic rings. The first-order valence-electron chi connectivity index (χ1n) is 8.70. The summed E-state index contributed by atoms with van der Waals surface area (Å²) in [5.41, 5.74) is 2.52. The van der Waals surface area contributed by atoms with Gasteiger partial charge in [0.1, 0.15) is 0 Å². The quantitative estimate of drug-likeness (QED) is 0.520. The van der Waals surface area contributed by atoms with Gasteiger partial charge in [0, 0.05) is 14.1 Å². The van der Waals surface area contributed by atoms with Crippen molar-refractivity contribution < 1.29 is 23.4 Å². The van der Waals surface area contributed by atoms with E-state index in [1.165, 1.54) is 37.6 Å². The molecule has 0 unspecified atom stereocenters. The molecule has 8 nitrogen and oxygen atoms in total. The Kier molecular flexibility index (Phi) is 6.30. The highest BCUT2D eigenvalue weighted by Gasteiger charge is 2.17. The number of nitrogens with one attached hydrogen (secondary N) is 1. The zero-order valence-corrected chi connectivity index (χ0v) is 17.5. The molecule has 0 atom stereocenters. The number of anilines is 1. The Hall–Kier alpha value is -2.37. The molecule has 0 aliphatic heterocycles. The van der Waals surface area contributed by atoms with Gasteiger partial charge in [-0.2, -0.15) is 0 Å². The highest BCUT2D eigenvalue weighted by atomic mass is 32.2. The van der Waals surface area contributed by atoms with E-state index in [0.717, 1.165) is 9.01 Å². The van der Waals surface area contributed by atoms with E-state index in [-0.39, 0.29) is 30.4 Å². The molecule has 10 heteroatoms. The Balaban J connectivity index is 1.72. The van der Waals surface area contributed by atoms with E-state index in [1.807, 2.05) is 0 Å². The minimum absolute atomic E-state index is 0.0714. The van der Waals surface area contributed by atoms with Crippen LogP contribution in [0.15, 0.2) is 41.3 Å². The maximum Gasteiger partial charge on any atom is 0.242 e. The number of carbonyl (C=O) groups is 1. The molecule has 0 aliphatic rings. The maximum absolute atomic E-state index is 12.3. The van der Waals surface area contributed by atoms with Gasteiger partial charge >= 0.3 is 0 Å². The van der Waals surface area contributed by atoms with E-state index in [9.17, 15) is 23.4 Å². The van der Waals surface area contributed by atoms with Gasteiger partial charge in [-0.1, -0.05) is 23.5 Å². The van der Waals surface area contributed by atoms with Crippen LogP contribution >= 0.6 is 11.3 Å². The third kappa shape index (κ3) is 4.62. The number of fused-ring (bicyclic) bond motifs is 1. The Morgan fingerprint density at radius 1 is 1.10 bits per heavy atom. The average Bonchev–Trinajstić information content (AvgIpc) is 3.07. The average molecular weight is 436 g/mol. The largest absolute Gasteiger partial charge is 0.392 e. The summed E-state index contributed by atoms with van der Waals surface area (Å²) < 4.78 is 26.1. The second kappa shape index (κ2) is 8.56. The highest BCUT2D eigenvalue weighted by molar-refractivity contribution is 7.89. The van der Waals surface area contributed by atoms with Crippen LogP contribution in [0.25, 0.3) is 10.2 Å². The molecular formula is C19H21N3O5S2. The lowest BCUT2D eigenvalue weighted by atomic mass is 10.1. The predicted octanol–water partition coefficient (Wildman–Crippen LogP) is 1.71. The normalized spacial score (nSPS) is 11.9. The molecule has 0 aliphatic carbocycles. The fourth-order valence-electron chi connectivity index (χ4n) is 2.75. The summed E-state index contributed by atoms with van der Waals surface area (Å²) in [6, 6.07) is 9.60. The molecule has 29 heavy (non-hydrogen) atoms. The lowest BCUT2D eigenvalue weighted by Gasteiger charge is -2.11. The van der Waals surface area contributed by atoms with Crippen molar-refractivity contribution in [2.45, 2.75) is 24.5 Å². The number of aliphatic hydroxyl groups is 2. The minimum Gasteiger partial charge on any atom is -0.392 e. The summed E-state index contributed by atoms with van der Waals surface area (Å²) in [7, 11) is -0.588. The third-order valence-electron chi connectivity index (χ3n) is 4.36. The zero-order chi connectivity index (χ0) is 21.2. The summed E-state index contributed by atoms with van der Waals surface area (Å²) in [6.45, 7) is -0.393. The van der Waals surface area contributed by atoms with Crippen LogP contribution in [0.4, 0.5) is 5.13 Å². The van der Waals surface area contributed by atoms with Gasteiger partial charge in [-0.3, -0.25) is 4.79 Å². The second-order valence-electron chi connectivity index (χ2n) is 6.58. The molecule has 2 aromatic carbocycles. The second-order valence-corrected chi connectivity index (χ2v) is 9.76. The van der Waals surface area contributed by atoms with Crippen molar-refractivity contribution in [1.82, 2.24) is 9.29 Å². The summed E-state index contributed by atoms with van der Waals surface area (Å²) in [6.07, 6.45) is 0.0714. The zero-order valence-electron chi connectivity index (χ0n) is 15.9. The van der Waals surface area contributed by atoms with Crippen LogP contribution in [0.2, 0.25) is 0 Å². The van der Waals surface area contributed by atoms with Crippen LogP contribution in [0.5, 0.6) is 0 Å². The van der Waals surface area contributed by atoms with Gasteiger partial charge in [0.2, 0.25) is 15.9 Å². The number of rotatable bonds is 7. The number of benzene rings is 2. The third-order valence-corrected chi connectivity index (χ3v) is 7.13. The molecule has 0 fully saturated rings. The first-order chi connectivity index (χ1) is 13.7. The molecule has 3 N–H and O–H groups in total. The summed E-state index contributed by atoms with van der Waals surface area (Å²) in [5.74, 6) is -0.281. The van der Waals surface area contributed by atoms with E-state index in [4.69, 9.17) is 0 Å². The number of aromatic nitrogens is 1. The molecular weight excluding hydrogens is 414 g/mol. The van der Waals surface area contributed by atoms with Crippen LogP contribution in [0, 0.1) is 0 Å². The van der Waals surface area contributed by atoms with Gasteiger partial charge in [0.15, 0.2) is 5.13 Å². The Morgan fingerprint density at radius 3 is 2.31 bits per heavy atom. The molecule has 0 bridgehead atoms. The van der Waals surface area contributed by atoms with Crippen molar-refractivity contribution in [3.8, 4) is 0 Å². The van der Waals surface area contributed by atoms with Gasteiger partial charge in [-0.15, -0.1) is 0 Å². The smallest absolute Gasteiger partial charge is 0.242 e. The number of hydrogen-bond donors (Lipinski definition) is 3. The summed E-state index contributed by atoms with van der Waals surface area (Å²) in [5, 5.41) is 21.9. The Morgan fingerprint density at radius 2 is 1.72 bits per heavy atom. The number of hydrogen-bond acceptors (Lipinski definition) is 7. The standard InChI is InChI=1S/C19H21N3O5S2/c1-22(2)29(26,27)15-5-3-12(4-6-15)7-18(25)21-19-20-16-8-13(10-23)14(11-24)9-17(16)28-19/h3-6,8-9,23-24H,7,10-11H2,1-2H3,(H,20,21,25). The molecule has 0 saturated heterocycles. The molecule has 0 spiro atoms. The topological polar surface area (TPSA) is 120 Å². The number of nitrogens with zero attached hydrogens (tertiary/aromatic N) is 2. The van der Waals surface area contributed by atoms with Crippen molar-refractivity contribution in [2.24, 2.45) is 0 Å². The first-order valence-corrected chi connectivity index (χ1v) is 11.0. The van der Waals surface area contributed by atoms with Crippen LogP contribution in [0.1, 0.15) is 16.7 Å². The van der Waals surface area contributed by atoms with E-state index in [0.29, 0.717) is 27.3 Å². The molecule has 1 heterocycles. The number of aliphatic hydroxyl groups excluding tert-OH is 2. The predicted molar refractivity (Wildman–Crippen MR) is 111 cm³/mol. The van der Waals surface area contributed by atoms with Crippen molar-refractivity contribution >= 4 is 42.6 Å². The fraction of sp³-hybridized carbons (Fsp3) is 0.263. The first kappa shape index (κ1) is 21.3. The number of carbonyl (C=O) groups excluding carboxylic acids is 1. The van der Waals surface area contributed by atoms with Crippen LogP contribution in [-0.4, -0.2) is 47.9 Å². The van der Waals surface area contributed by atoms with Crippen molar-refractivity contribution in [3.05, 3.63) is 53.1 Å². The monoisotopic (exact) mass is 435 g/mol. The molecule has 0 radical (unpaired) electrons. The van der Waals surface area contributed by atoms with Crippen molar-refractivity contribution in [3.63, 3.8) is 0 Å². The summed E-state index contributed by atoms with van der Waals surface area (Å²) in [4.78, 5) is 16.9. The highest BCUT2D eigenvalue weighted by Crippen LogP contribution is 2.29. The van der Waals surface area contributed by atoms with E-state index >= 15 is 0 Å². The fourth-order valence-corrected chi connectivity index (χ4v) is 4.58. The number of thiazole rings is 1. The molecule has 0 saturated carbocycles. The number of sulfonamides is 1. The van der Waals surface area contributed by atoms with Crippen LogP contribution in [0.3, 0.4) is 0 Å². The van der Waals surface area contributed by atoms with Gasteiger partial charge in [-0.05, 0) is 41.0 Å². The van der Waals surface area contributed by atoms with Gasteiger partial charge in [-0.25, -0.2) is 17.7 Å². The lowest BCUT2D eigenvalue weighted by Crippen LogP contribution is -2.22. The van der Waals surface area contributed by atoms with Crippen molar-refractivity contribution in [2.75, 3.05) is 19.4 Å². The van der Waals surface area contributed by atoms with E-state index < -0.39 is 10.0 Å². The molecule has 1 amide bonds. The van der Waals surface area contributed by atoms with Gasteiger partial charge < -0.3 is 15.5 Å².